The van der Waals surface area contributed by atoms with Crippen LogP contribution in [0.4, 0.5) is 10.5 Å². The lowest BCUT2D eigenvalue weighted by Gasteiger charge is -2.38. The van der Waals surface area contributed by atoms with E-state index in [1.54, 1.807) is 19.2 Å². The van der Waals surface area contributed by atoms with E-state index in [4.69, 9.17) is 25.8 Å². The molecule has 202 valence electrons. The Hall–Kier alpha value is -2.68. The number of carbonyl (C=O) groups is 1. The lowest BCUT2D eigenvalue weighted by atomic mass is 9.89. The smallest absolute Gasteiger partial charge is 0.319 e. The quantitative estimate of drug-likeness (QED) is 0.438. The van der Waals surface area contributed by atoms with Gasteiger partial charge in [0.15, 0.2) is 11.5 Å². The maximum absolute atomic E-state index is 13.0. The summed E-state index contributed by atoms with van der Waals surface area (Å²) in [6.07, 6.45) is 4.94. The van der Waals surface area contributed by atoms with Gasteiger partial charge in [-0.2, -0.15) is 0 Å². The molecule has 0 aromatic heterocycles. The standard InChI is InChI=1S/C28H38ClN3O5/c1-35-25-15-22(16-26(36-2)27(25)37-3)30-28(34)31-23-13-20(17-33)14-24(23)32-10-8-19(9-11-32)12-18-4-6-21(29)7-5-18/h4-7,15-16,19-20,23-24,33H,8-14,17H2,1-3H3,(H2,30,31,34). The van der Waals surface area contributed by atoms with Crippen LogP contribution < -0.4 is 24.8 Å². The number of halogens is 1. The Bertz CT molecular complexity index is 1020. The van der Waals surface area contributed by atoms with Crippen molar-refractivity contribution in [1.29, 1.82) is 0 Å². The van der Waals surface area contributed by atoms with Gasteiger partial charge in [-0.3, -0.25) is 4.90 Å². The summed E-state index contributed by atoms with van der Waals surface area (Å²) >= 11 is 6.03. The molecule has 2 aliphatic rings. The molecule has 0 bridgehead atoms. The van der Waals surface area contributed by atoms with Gasteiger partial charge in [0.2, 0.25) is 5.75 Å². The Morgan fingerprint density at radius 1 is 1.00 bits per heavy atom. The number of methoxy groups -OCH3 is 3. The van der Waals surface area contributed by atoms with Crippen molar-refractivity contribution in [3.63, 3.8) is 0 Å². The van der Waals surface area contributed by atoms with Crippen molar-refractivity contribution < 1.29 is 24.1 Å². The number of piperidine rings is 1. The van der Waals surface area contributed by atoms with E-state index in [2.05, 4.69) is 27.7 Å². The summed E-state index contributed by atoms with van der Waals surface area (Å²) in [5, 5.41) is 16.7. The number of nitrogens with zero attached hydrogens (tertiary/aromatic N) is 1. The topological polar surface area (TPSA) is 92.3 Å². The second-order valence-corrected chi connectivity index (χ2v) is 10.5. The third-order valence-corrected chi connectivity index (χ3v) is 7.93. The number of nitrogens with one attached hydrogen (secondary N) is 2. The number of urea groups is 1. The molecule has 1 aliphatic heterocycles. The van der Waals surface area contributed by atoms with Crippen LogP contribution in [0.5, 0.6) is 17.2 Å². The fraction of sp³-hybridized carbons (Fsp3) is 0.536. The highest BCUT2D eigenvalue weighted by Crippen LogP contribution is 2.40. The van der Waals surface area contributed by atoms with Crippen LogP contribution in [0.3, 0.4) is 0 Å². The second kappa shape index (κ2) is 12.7. The molecule has 9 heteroatoms. The lowest BCUT2D eigenvalue weighted by Crippen LogP contribution is -2.52. The summed E-state index contributed by atoms with van der Waals surface area (Å²) < 4.78 is 16.2. The fourth-order valence-corrected chi connectivity index (χ4v) is 5.88. The van der Waals surface area contributed by atoms with Crippen molar-refractivity contribution in [2.45, 2.75) is 44.2 Å². The molecular weight excluding hydrogens is 494 g/mol. The van der Waals surface area contributed by atoms with Crippen molar-refractivity contribution in [2.75, 3.05) is 46.3 Å². The first-order valence-electron chi connectivity index (χ1n) is 12.9. The molecule has 8 nitrogen and oxygen atoms in total. The third kappa shape index (κ3) is 6.80. The number of ether oxygens (including phenoxy) is 3. The molecule has 3 unspecified atom stereocenters. The minimum Gasteiger partial charge on any atom is -0.493 e. The van der Waals surface area contributed by atoms with Gasteiger partial charge in [-0.05, 0) is 74.7 Å². The SMILES string of the molecule is COc1cc(NC(=O)NC2CC(CO)CC2N2CCC(Cc3ccc(Cl)cc3)CC2)cc(OC)c1OC. The highest BCUT2D eigenvalue weighted by molar-refractivity contribution is 6.30. The number of amides is 2. The van der Waals surface area contributed by atoms with Gasteiger partial charge in [0, 0.05) is 35.8 Å². The number of aliphatic hydroxyl groups is 1. The molecule has 2 fully saturated rings. The first-order valence-corrected chi connectivity index (χ1v) is 13.3. The normalized spacial score (nSPS) is 22.5. The van der Waals surface area contributed by atoms with Crippen molar-refractivity contribution in [3.8, 4) is 17.2 Å². The lowest BCUT2D eigenvalue weighted by molar-refractivity contribution is 0.115. The van der Waals surface area contributed by atoms with Crippen molar-refractivity contribution in [2.24, 2.45) is 11.8 Å². The van der Waals surface area contributed by atoms with E-state index in [1.165, 1.54) is 19.8 Å². The highest BCUT2D eigenvalue weighted by Gasteiger charge is 2.39. The molecule has 1 aliphatic carbocycles. The predicted octanol–water partition coefficient (Wildman–Crippen LogP) is 4.58. The Labute approximate surface area is 224 Å². The van der Waals surface area contributed by atoms with Crippen molar-refractivity contribution in [3.05, 3.63) is 47.0 Å². The molecule has 0 radical (unpaired) electrons. The number of aliphatic hydroxyl groups excluding tert-OH is 1. The minimum atomic E-state index is -0.291. The van der Waals surface area contributed by atoms with Gasteiger partial charge in [-0.25, -0.2) is 4.79 Å². The molecule has 3 atom stereocenters. The largest absolute Gasteiger partial charge is 0.493 e. The molecule has 1 saturated heterocycles. The molecule has 4 rings (SSSR count). The van der Waals surface area contributed by atoms with Gasteiger partial charge in [-0.15, -0.1) is 0 Å². The maximum Gasteiger partial charge on any atom is 0.319 e. The highest BCUT2D eigenvalue weighted by atomic mass is 35.5. The van der Waals surface area contributed by atoms with E-state index < -0.39 is 0 Å². The first-order chi connectivity index (χ1) is 17.9. The van der Waals surface area contributed by atoms with Crippen LogP contribution in [0.25, 0.3) is 0 Å². The number of hydrogen-bond donors (Lipinski definition) is 3. The number of carbonyl (C=O) groups excluding carboxylic acids is 1. The van der Waals surface area contributed by atoms with Gasteiger partial charge < -0.3 is 30.0 Å². The van der Waals surface area contributed by atoms with Gasteiger partial charge in [0.1, 0.15) is 0 Å². The van der Waals surface area contributed by atoms with E-state index in [-0.39, 0.29) is 30.6 Å². The number of anilines is 1. The van der Waals surface area contributed by atoms with Crippen LogP contribution in [-0.4, -0.2) is 69.1 Å². The first kappa shape index (κ1) is 27.4. The van der Waals surface area contributed by atoms with Gasteiger partial charge >= 0.3 is 6.03 Å². The van der Waals surface area contributed by atoms with Crippen molar-refractivity contribution >= 4 is 23.3 Å². The van der Waals surface area contributed by atoms with E-state index in [1.807, 2.05) is 12.1 Å². The van der Waals surface area contributed by atoms with Crippen LogP contribution in [0.2, 0.25) is 5.02 Å². The molecule has 0 spiro atoms. The van der Waals surface area contributed by atoms with E-state index >= 15 is 0 Å². The zero-order valence-corrected chi connectivity index (χ0v) is 22.6. The predicted molar refractivity (Wildman–Crippen MR) is 145 cm³/mol. The van der Waals surface area contributed by atoms with Gasteiger partial charge in [0.05, 0.1) is 27.0 Å². The molecule has 2 aromatic carbocycles. The van der Waals surface area contributed by atoms with Gasteiger partial charge in [-0.1, -0.05) is 23.7 Å². The molecule has 2 amide bonds. The fourth-order valence-electron chi connectivity index (χ4n) is 5.76. The van der Waals surface area contributed by atoms with Crippen LogP contribution in [0.1, 0.15) is 31.2 Å². The number of hydrogen-bond acceptors (Lipinski definition) is 6. The third-order valence-electron chi connectivity index (χ3n) is 7.68. The Morgan fingerprint density at radius 2 is 1.65 bits per heavy atom. The monoisotopic (exact) mass is 531 g/mol. The second-order valence-electron chi connectivity index (χ2n) is 10.0. The summed E-state index contributed by atoms with van der Waals surface area (Å²) in [5.41, 5.74) is 1.87. The summed E-state index contributed by atoms with van der Waals surface area (Å²) in [7, 11) is 4.62. The van der Waals surface area contributed by atoms with Crippen LogP contribution >= 0.6 is 11.6 Å². The van der Waals surface area contributed by atoms with Crippen LogP contribution in [0.15, 0.2) is 36.4 Å². The Balaban J connectivity index is 1.36. The number of benzene rings is 2. The summed E-state index contributed by atoms with van der Waals surface area (Å²) in [5.74, 6) is 2.23. The molecule has 3 N–H and O–H groups in total. The molecule has 1 saturated carbocycles. The molecular formula is C28H38ClN3O5. The number of rotatable bonds is 9. The summed E-state index contributed by atoms with van der Waals surface area (Å²) in [6.45, 7) is 2.12. The number of likely N-dealkylation sites (tertiary alicyclic amines) is 1. The van der Waals surface area contributed by atoms with Gasteiger partial charge in [0.25, 0.3) is 0 Å². The average Bonchev–Trinajstić information content (AvgIpc) is 3.32. The minimum absolute atomic E-state index is 0.0352. The maximum atomic E-state index is 13.0. The Morgan fingerprint density at radius 3 is 2.22 bits per heavy atom. The zero-order valence-electron chi connectivity index (χ0n) is 21.8. The van der Waals surface area contributed by atoms with E-state index in [0.717, 1.165) is 50.2 Å². The summed E-state index contributed by atoms with van der Waals surface area (Å²) in [4.78, 5) is 15.5. The zero-order chi connectivity index (χ0) is 26.4. The van der Waals surface area contributed by atoms with Crippen molar-refractivity contribution in [1.82, 2.24) is 10.2 Å². The Kier molecular flexibility index (Phi) is 9.40. The average molecular weight is 532 g/mol. The molecule has 2 aromatic rings. The van der Waals surface area contributed by atoms with Crippen LogP contribution in [-0.2, 0) is 6.42 Å². The molecule has 37 heavy (non-hydrogen) atoms. The van der Waals surface area contributed by atoms with E-state index in [0.29, 0.717) is 28.9 Å². The molecule has 1 heterocycles. The van der Waals surface area contributed by atoms with Crippen LogP contribution in [0, 0.1) is 11.8 Å². The summed E-state index contributed by atoms with van der Waals surface area (Å²) in [6, 6.07) is 11.4. The van der Waals surface area contributed by atoms with E-state index in [9.17, 15) is 9.90 Å².